The quantitative estimate of drug-likeness (QED) is 0.820. The maximum Gasteiger partial charge on any atom is 0.253 e. The Labute approximate surface area is 138 Å². The topological polar surface area (TPSA) is 28.5 Å². The van der Waals surface area contributed by atoms with Crippen LogP contribution in [-0.2, 0) is 0 Å². The number of hydrogen-bond acceptors (Lipinski definition) is 2. The van der Waals surface area contributed by atoms with Crippen molar-refractivity contribution in [3.63, 3.8) is 0 Å². The number of aromatic nitrogens is 1. The third-order valence-electron chi connectivity index (χ3n) is 4.57. The highest BCUT2D eigenvalue weighted by molar-refractivity contribution is 5.94. The standard InChI is InChI=1S/C19H25N3O/c1-2-21(16-15-20-11-3-4-12-20)19(23)17-7-9-18(10-8-17)22-13-5-6-14-22/h5-10,13-14H,2-4,11-12,15-16H2,1H3. The van der Waals surface area contributed by atoms with Gasteiger partial charge in [-0.05, 0) is 69.3 Å². The van der Waals surface area contributed by atoms with Gasteiger partial charge in [0.15, 0.2) is 0 Å². The van der Waals surface area contributed by atoms with Crippen LogP contribution >= 0.6 is 0 Å². The van der Waals surface area contributed by atoms with Crippen LogP contribution in [0.1, 0.15) is 30.1 Å². The average Bonchev–Trinajstić information content (AvgIpc) is 3.29. The summed E-state index contributed by atoms with van der Waals surface area (Å²) in [6, 6.07) is 11.8. The second-order valence-corrected chi connectivity index (χ2v) is 6.07. The van der Waals surface area contributed by atoms with Crippen LogP contribution in [0.5, 0.6) is 0 Å². The minimum atomic E-state index is 0.130. The summed E-state index contributed by atoms with van der Waals surface area (Å²) >= 11 is 0. The number of nitrogens with zero attached hydrogens (tertiary/aromatic N) is 3. The zero-order valence-corrected chi connectivity index (χ0v) is 13.8. The first kappa shape index (κ1) is 15.8. The Bertz CT molecular complexity index is 613. The summed E-state index contributed by atoms with van der Waals surface area (Å²) in [5.74, 6) is 0.130. The second-order valence-electron chi connectivity index (χ2n) is 6.07. The number of likely N-dealkylation sites (N-methyl/N-ethyl adjacent to an activating group) is 1. The predicted octanol–water partition coefficient (Wildman–Crippen LogP) is 3.04. The van der Waals surface area contributed by atoms with E-state index in [1.807, 2.05) is 58.3 Å². The summed E-state index contributed by atoms with van der Waals surface area (Å²) < 4.78 is 2.04. The monoisotopic (exact) mass is 311 g/mol. The predicted molar refractivity (Wildman–Crippen MR) is 93.0 cm³/mol. The molecular weight excluding hydrogens is 286 g/mol. The minimum Gasteiger partial charge on any atom is -0.338 e. The Kier molecular flexibility index (Phi) is 5.13. The number of likely N-dealkylation sites (tertiary alicyclic amines) is 1. The molecule has 1 saturated heterocycles. The molecule has 0 unspecified atom stereocenters. The lowest BCUT2D eigenvalue weighted by Gasteiger charge is -2.24. The molecule has 3 rings (SSSR count). The average molecular weight is 311 g/mol. The largest absolute Gasteiger partial charge is 0.338 e. The maximum absolute atomic E-state index is 12.7. The van der Waals surface area contributed by atoms with Gasteiger partial charge in [0.25, 0.3) is 5.91 Å². The van der Waals surface area contributed by atoms with Crippen LogP contribution in [0.3, 0.4) is 0 Å². The van der Waals surface area contributed by atoms with Gasteiger partial charge >= 0.3 is 0 Å². The van der Waals surface area contributed by atoms with Crippen LogP contribution in [0.4, 0.5) is 0 Å². The van der Waals surface area contributed by atoms with Crippen molar-refractivity contribution in [2.24, 2.45) is 0 Å². The van der Waals surface area contributed by atoms with Gasteiger partial charge < -0.3 is 14.4 Å². The van der Waals surface area contributed by atoms with Crippen molar-refractivity contribution in [2.75, 3.05) is 32.7 Å². The van der Waals surface area contributed by atoms with Gasteiger partial charge in [0.05, 0.1) is 0 Å². The fourth-order valence-electron chi connectivity index (χ4n) is 3.14. The Morgan fingerprint density at radius 1 is 1.09 bits per heavy atom. The van der Waals surface area contributed by atoms with E-state index in [2.05, 4.69) is 11.8 Å². The molecule has 122 valence electrons. The molecule has 1 aliphatic rings. The number of benzene rings is 1. The van der Waals surface area contributed by atoms with Crippen LogP contribution in [0.15, 0.2) is 48.8 Å². The van der Waals surface area contributed by atoms with Gasteiger partial charge in [0, 0.05) is 43.3 Å². The zero-order chi connectivity index (χ0) is 16.1. The molecule has 23 heavy (non-hydrogen) atoms. The van der Waals surface area contributed by atoms with Gasteiger partial charge in [-0.2, -0.15) is 0 Å². The Hall–Kier alpha value is -2.07. The summed E-state index contributed by atoms with van der Waals surface area (Å²) in [5, 5.41) is 0. The van der Waals surface area contributed by atoms with Crippen LogP contribution in [0.25, 0.3) is 5.69 Å². The lowest BCUT2D eigenvalue weighted by Crippen LogP contribution is -2.37. The van der Waals surface area contributed by atoms with Crippen molar-refractivity contribution in [2.45, 2.75) is 19.8 Å². The Morgan fingerprint density at radius 2 is 1.74 bits per heavy atom. The summed E-state index contributed by atoms with van der Waals surface area (Å²) in [5.41, 5.74) is 1.84. The molecule has 1 aromatic carbocycles. The molecule has 0 bridgehead atoms. The molecule has 4 nitrogen and oxygen atoms in total. The SMILES string of the molecule is CCN(CCN1CCCC1)C(=O)c1ccc(-n2cccc2)cc1. The van der Waals surface area contributed by atoms with E-state index in [9.17, 15) is 4.79 Å². The summed E-state index contributed by atoms with van der Waals surface area (Å²) in [6.45, 7) is 6.96. The second kappa shape index (κ2) is 7.47. The van der Waals surface area contributed by atoms with Gasteiger partial charge in [0.1, 0.15) is 0 Å². The molecule has 1 amide bonds. The van der Waals surface area contributed by atoms with Crippen molar-refractivity contribution in [1.29, 1.82) is 0 Å². The van der Waals surface area contributed by atoms with Gasteiger partial charge in [-0.1, -0.05) is 0 Å². The van der Waals surface area contributed by atoms with E-state index in [1.165, 1.54) is 25.9 Å². The lowest BCUT2D eigenvalue weighted by molar-refractivity contribution is 0.0749. The normalized spacial score (nSPS) is 15.0. The highest BCUT2D eigenvalue weighted by Crippen LogP contribution is 2.13. The zero-order valence-electron chi connectivity index (χ0n) is 13.8. The van der Waals surface area contributed by atoms with E-state index in [-0.39, 0.29) is 5.91 Å². The molecule has 2 heterocycles. The van der Waals surface area contributed by atoms with E-state index in [0.29, 0.717) is 0 Å². The third-order valence-corrected chi connectivity index (χ3v) is 4.57. The fraction of sp³-hybridized carbons (Fsp3) is 0.421. The van der Waals surface area contributed by atoms with E-state index in [0.717, 1.165) is 30.9 Å². The summed E-state index contributed by atoms with van der Waals surface area (Å²) in [7, 11) is 0. The van der Waals surface area contributed by atoms with Crippen LogP contribution < -0.4 is 0 Å². The smallest absolute Gasteiger partial charge is 0.253 e. The first-order chi connectivity index (χ1) is 11.3. The van der Waals surface area contributed by atoms with Gasteiger partial charge in [-0.3, -0.25) is 4.79 Å². The van der Waals surface area contributed by atoms with Crippen molar-refractivity contribution in [1.82, 2.24) is 14.4 Å². The first-order valence-electron chi connectivity index (χ1n) is 8.53. The highest BCUT2D eigenvalue weighted by Gasteiger charge is 2.17. The minimum absolute atomic E-state index is 0.130. The molecule has 1 aromatic heterocycles. The highest BCUT2D eigenvalue weighted by atomic mass is 16.2. The Balaban J connectivity index is 1.63. The molecule has 0 N–H and O–H groups in total. The lowest BCUT2D eigenvalue weighted by atomic mass is 10.1. The molecule has 0 spiro atoms. The Morgan fingerprint density at radius 3 is 2.35 bits per heavy atom. The molecule has 2 aromatic rings. The third kappa shape index (κ3) is 3.82. The van der Waals surface area contributed by atoms with Crippen LogP contribution in [0.2, 0.25) is 0 Å². The number of rotatable bonds is 6. The van der Waals surface area contributed by atoms with Crippen molar-refractivity contribution in [3.05, 3.63) is 54.4 Å². The first-order valence-corrected chi connectivity index (χ1v) is 8.53. The van der Waals surface area contributed by atoms with E-state index in [4.69, 9.17) is 0 Å². The molecule has 0 aliphatic carbocycles. The maximum atomic E-state index is 12.7. The number of amides is 1. The van der Waals surface area contributed by atoms with E-state index in [1.54, 1.807) is 0 Å². The number of carbonyl (C=O) groups excluding carboxylic acids is 1. The summed E-state index contributed by atoms with van der Waals surface area (Å²) in [6.07, 6.45) is 6.60. The number of hydrogen-bond donors (Lipinski definition) is 0. The van der Waals surface area contributed by atoms with Crippen LogP contribution in [0, 0.1) is 0 Å². The van der Waals surface area contributed by atoms with E-state index < -0.39 is 0 Å². The van der Waals surface area contributed by atoms with Gasteiger partial charge in [-0.15, -0.1) is 0 Å². The van der Waals surface area contributed by atoms with Gasteiger partial charge in [-0.25, -0.2) is 0 Å². The fourth-order valence-corrected chi connectivity index (χ4v) is 3.14. The van der Waals surface area contributed by atoms with Gasteiger partial charge in [0.2, 0.25) is 0 Å². The molecule has 0 radical (unpaired) electrons. The molecule has 0 atom stereocenters. The molecule has 4 heteroatoms. The molecular formula is C19H25N3O. The van der Waals surface area contributed by atoms with E-state index >= 15 is 0 Å². The molecule has 1 fully saturated rings. The van der Waals surface area contributed by atoms with Crippen molar-refractivity contribution in [3.8, 4) is 5.69 Å². The van der Waals surface area contributed by atoms with Crippen molar-refractivity contribution >= 4 is 5.91 Å². The molecule has 1 aliphatic heterocycles. The number of carbonyl (C=O) groups is 1. The summed E-state index contributed by atoms with van der Waals surface area (Å²) in [4.78, 5) is 17.1. The van der Waals surface area contributed by atoms with Crippen LogP contribution in [-0.4, -0.2) is 53.0 Å². The molecule has 0 saturated carbocycles. The van der Waals surface area contributed by atoms with Crippen molar-refractivity contribution < 1.29 is 4.79 Å².